The first-order chi connectivity index (χ1) is 12.5. The van der Waals surface area contributed by atoms with E-state index in [-0.39, 0.29) is 18.5 Å². The lowest BCUT2D eigenvalue weighted by atomic mass is 10.0. The number of likely N-dealkylation sites (N-methyl/N-ethyl adjacent to an activating group) is 1. The summed E-state index contributed by atoms with van der Waals surface area (Å²) in [6.07, 6.45) is 2.03. The summed E-state index contributed by atoms with van der Waals surface area (Å²) in [5.74, 6) is -0.669. The number of aliphatic carboxylic acids is 1. The highest BCUT2D eigenvalue weighted by molar-refractivity contribution is 7.17. The molecule has 5 nitrogen and oxygen atoms in total. The molecular weight excluding hydrogens is 372 g/mol. The lowest BCUT2D eigenvalue weighted by Gasteiger charge is -2.37. The van der Waals surface area contributed by atoms with Crippen molar-refractivity contribution in [2.45, 2.75) is 32.2 Å². The van der Waals surface area contributed by atoms with Gasteiger partial charge in [-0.1, -0.05) is 18.5 Å². The van der Waals surface area contributed by atoms with Crippen LogP contribution in [-0.2, 0) is 16.0 Å². The molecule has 2 aromatic rings. The fourth-order valence-electron chi connectivity index (χ4n) is 3.62. The highest BCUT2D eigenvalue weighted by Gasteiger charge is 2.27. The zero-order valence-electron chi connectivity index (χ0n) is 14.8. The van der Waals surface area contributed by atoms with Crippen LogP contribution in [0, 0.1) is 0 Å². The maximum atomic E-state index is 12.7. The van der Waals surface area contributed by atoms with E-state index in [1.165, 1.54) is 0 Å². The summed E-state index contributed by atoms with van der Waals surface area (Å²) in [6.45, 7) is 4.13. The number of likely N-dealkylation sites (tertiary alicyclic amines) is 1. The maximum Gasteiger partial charge on any atom is 0.317 e. The fourth-order valence-corrected chi connectivity index (χ4v) is 4.73. The van der Waals surface area contributed by atoms with Gasteiger partial charge in [-0.15, -0.1) is 11.3 Å². The number of amides is 1. The van der Waals surface area contributed by atoms with Crippen LogP contribution in [0.15, 0.2) is 23.6 Å². The van der Waals surface area contributed by atoms with E-state index in [0.717, 1.165) is 28.5 Å². The summed E-state index contributed by atoms with van der Waals surface area (Å²) in [5.41, 5.74) is 1.03. The summed E-state index contributed by atoms with van der Waals surface area (Å²) < 4.78 is 1.14. The van der Waals surface area contributed by atoms with E-state index in [2.05, 4.69) is 0 Å². The summed E-state index contributed by atoms with van der Waals surface area (Å²) in [7, 11) is 0. The molecule has 1 fully saturated rings. The van der Waals surface area contributed by atoms with Gasteiger partial charge < -0.3 is 10.0 Å². The van der Waals surface area contributed by atoms with Crippen molar-refractivity contribution in [1.29, 1.82) is 0 Å². The average Bonchev–Trinajstić information content (AvgIpc) is 3.01. The number of rotatable bonds is 6. The highest BCUT2D eigenvalue weighted by Crippen LogP contribution is 2.29. The molecule has 1 aromatic heterocycles. The second-order valence-corrected chi connectivity index (χ2v) is 7.99. The molecule has 0 atom stereocenters. The molecule has 0 saturated carbocycles. The third-order valence-corrected chi connectivity index (χ3v) is 6.28. The number of carboxylic acid groups (broad SMARTS) is 1. The van der Waals surface area contributed by atoms with Crippen molar-refractivity contribution in [1.82, 2.24) is 9.80 Å². The third kappa shape index (κ3) is 4.37. The molecule has 0 radical (unpaired) electrons. The number of hydrogen-bond donors (Lipinski definition) is 1. The largest absolute Gasteiger partial charge is 0.480 e. The normalized spacial score (nSPS) is 15.7. The molecule has 1 aliphatic heterocycles. The number of carboxylic acids is 1. The van der Waals surface area contributed by atoms with Crippen LogP contribution in [-0.4, -0.2) is 59.0 Å². The van der Waals surface area contributed by atoms with Gasteiger partial charge in [-0.25, -0.2) is 0 Å². The van der Waals surface area contributed by atoms with Gasteiger partial charge >= 0.3 is 5.97 Å². The topological polar surface area (TPSA) is 60.9 Å². The standard InChI is InChI=1S/C19H23ClN2O3S/c1-2-21(11-19(24)25)15-5-7-22(8-6-15)18(23)9-13-12-26-17-4-3-14(20)10-16(13)17/h3-4,10,12,15H,2,5-9,11H2,1H3,(H,24,25). The Morgan fingerprint density at radius 2 is 2.08 bits per heavy atom. The lowest BCUT2D eigenvalue weighted by Crippen LogP contribution is -2.48. The van der Waals surface area contributed by atoms with Crippen LogP contribution in [0.1, 0.15) is 25.3 Å². The molecule has 0 spiro atoms. The van der Waals surface area contributed by atoms with Gasteiger partial charge in [0.25, 0.3) is 0 Å². The Balaban J connectivity index is 1.60. The lowest BCUT2D eigenvalue weighted by molar-refractivity contribution is -0.140. The van der Waals surface area contributed by atoms with E-state index in [1.54, 1.807) is 11.3 Å². The fraction of sp³-hybridized carbons (Fsp3) is 0.474. The van der Waals surface area contributed by atoms with Crippen molar-refractivity contribution in [2.75, 3.05) is 26.2 Å². The predicted molar refractivity (Wildman–Crippen MR) is 105 cm³/mol. The summed E-state index contributed by atoms with van der Waals surface area (Å²) in [5, 5.41) is 12.8. The van der Waals surface area contributed by atoms with Crippen LogP contribution in [0.5, 0.6) is 0 Å². The molecule has 0 unspecified atom stereocenters. The SMILES string of the molecule is CCN(CC(=O)O)C1CCN(C(=O)Cc2csc3ccc(Cl)cc23)CC1. The molecule has 26 heavy (non-hydrogen) atoms. The Labute approximate surface area is 162 Å². The summed E-state index contributed by atoms with van der Waals surface area (Å²) in [6, 6.07) is 6.02. The third-order valence-electron chi connectivity index (χ3n) is 5.04. The van der Waals surface area contributed by atoms with Crippen LogP contribution in [0.4, 0.5) is 0 Å². The number of benzene rings is 1. The molecular formula is C19H23ClN2O3S. The second-order valence-electron chi connectivity index (χ2n) is 6.65. The van der Waals surface area contributed by atoms with Gasteiger partial charge in [0.05, 0.1) is 13.0 Å². The minimum absolute atomic E-state index is 0.0662. The molecule has 0 aliphatic carbocycles. The van der Waals surface area contributed by atoms with Gasteiger partial charge in [-0.2, -0.15) is 0 Å². The Bertz CT molecular complexity index is 799. The van der Waals surface area contributed by atoms with Crippen molar-refractivity contribution >= 4 is 44.9 Å². The zero-order valence-corrected chi connectivity index (χ0v) is 16.4. The number of nitrogens with zero attached hydrogens (tertiary/aromatic N) is 2. The van der Waals surface area contributed by atoms with Gasteiger partial charge in [0.15, 0.2) is 0 Å². The number of carbonyl (C=O) groups excluding carboxylic acids is 1. The van der Waals surface area contributed by atoms with E-state index in [9.17, 15) is 9.59 Å². The Hall–Kier alpha value is -1.63. The number of hydrogen-bond acceptors (Lipinski definition) is 4. The number of piperidine rings is 1. The van der Waals surface area contributed by atoms with Crippen molar-refractivity contribution < 1.29 is 14.7 Å². The molecule has 1 amide bonds. The van der Waals surface area contributed by atoms with Crippen LogP contribution in [0.25, 0.3) is 10.1 Å². The highest BCUT2D eigenvalue weighted by atomic mass is 35.5. The molecule has 2 heterocycles. The molecule has 140 valence electrons. The van der Waals surface area contributed by atoms with Gasteiger partial charge in [0, 0.05) is 28.9 Å². The number of carbonyl (C=O) groups is 2. The van der Waals surface area contributed by atoms with Gasteiger partial charge in [0.2, 0.25) is 5.91 Å². The van der Waals surface area contributed by atoms with Crippen LogP contribution >= 0.6 is 22.9 Å². The van der Waals surface area contributed by atoms with E-state index < -0.39 is 5.97 Å². The Kier molecular flexibility index (Phi) is 6.16. The Morgan fingerprint density at radius 1 is 1.35 bits per heavy atom. The number of thiophene rings is 1. The Morgan fingerprint density at radius 3 is 2.73 bits per heavy atom. The van der Waals surface area contributed by atoms with Crippen LogP contribution in [0.3, 0.4) is 0 Å². The number of fused-ring (bicyclic) bond motifs is 1. The minimum Gasteiger partial charge on any atom is -0.480 e. The molecule has 7 heteroatoms. The minimum atomic E-state index is -0.798. The van der Waals surface area contributed by atoms with Crippen LogP contribution < -0.4 is 0 Å². The van der Waals surface area contributed by atoms with E-state index in [1.807, 2.05) is 40.3 Å². The predicted octanol–water partition coefficient (Wildman–Crippen LogP) is 3.49. The van der Waals surface area contributed by atoms with E-state index in [0.29, 0.717) is 31.1 Å². The number of halogens is 1. The van der Waals surface area contributed by atoms with E-state index in [4.69, 9.17) is 16.7 Å². The quantitative estimate of drug-likeness (QED) is 0.814. The first-order valence-electron chi connectivity index (χ1n) is 8.87. The average molecular weight is 395 g/mol. The van der Waals surface area contributed by atoms with Gasteiger partial charge in [-0.3, -0.25) is 14.5 Å². The van der Waals surface area contributed by atoms with Gasteiger partial charge in [0.1, 0.15) is 0 Å². The molecule has 0 bridgehead atoms. The van der Waals surface area contributed by atoms with Crippen LogP contribution in [0.2, 0.25) is 5.02 Å². The van der Waals surface area contributed by atoms with Crippen molar-refractivity contribution in [3.63, 3.8) is 0 Å². The summed E-state index contributed by atoms with van der Waals surface area (Å²) in [4.78, 5) is 27.6. The molecule has 1 aliphatic rings. The molecule has 1 N–H and O–H groups in total. The van der Waals surface area contributed by atoms with E-state index >= 15 is 0 Å². The summed E-state index contributed by atoms with van der Waals surface area (Å²) >= 11 is 7.72. The first kappa shape index (κ1) is 19.1. The smallest absolute Gasteiger partial charge is 0.317 e. The first-order valence-corrected chi connectivity index (χ1v) is 10.1. The van der Waals surface area contributed by atoms with Crippen molar-refractivity contribution in [3.05, 3.63) is 34.2 Å². The molecule has 1 saturated heterocycles. The molecule has 1 aromatic carbocycles. The maximum absolute atomic E-state index is 12.7. The van der Waals surface area contributed by atoms with Crippen molar-refractivity contribution in [2.24, 2.45) is 0 Å². The van der Waals surface area contributed by atoms with Crippen molar-refractivity contribution in [3.8, 4) is 0 Å². The van der Waals surface area contributed by atoms with Gasteiger partial charge in [-0.05, 0) is 53.9 Å². The monoisotopic (exact) mass is 394 g/mol. The second kappa shape index (κ2) is 8.37. The molecule has 3 rings (SSSR count). The zero-order chi connectivity index (χ0) is 18.7.